The first-order chi connectivity index (χ1) is 13.0. The summed E-state index contributed by atoms with van der Waals surface area (Å²) in [5.41, 5.74) is 0.214. The number of anilines is 1. The Morgan fingerprint density at radius 3 is 2.48 bits per heavy atom. The summed E-state index contributed by atoms with van der Waals surface area (Å²) in [7, 11) is 0. The lowest BCUT2D eigenvalue weighted by Crippen LogP contribution is -2.38. The van der Waals surface area contributed by atoms with Gasteiger partial charge < -0.3 is 4.90 Å². The summed E-state index contributed by atoms with van der Waals surface area (Å²) >= 11 is 1.35. The van der Waals surface area contributed by atoms with E-state index in [9.17, 15) is 18.4 Å². The third-order valence-electron chi connectivity index (χ3n) is 5.08. The lowest BCUT2D eigenvalue weighted by molar-refractivity contribution is -0.120. The largest absolute Gasteiger partial charge is 0.366 e. The second-order valence-corrected chi connectivity index (χ2v) is 7.86. The molecule has 4 rings (SSSR count). The van der Waals surface area contributed by atoms with Crippen molar-refractivity contribution in [3.8, 4) is 0 Å². The second-order valence-electron chi connectivity index (χ2n) is 6.91. The molecule has 0 bridgehead atoms. The fourth-order valence-corrected chi connectivity index (χ4v) is 4.33. The summed E-state index contributed by atoms with van der Waals surface area (Å²) in [6.45, 7) is 3.47. The van der Waals surface area contributed by atoms with Crippen molar-refractivity contribution in [2.45, 2.75) is 19.8 Å². The average Bonchev–Trinajstić information content (AvgIpc) is 3.25. The number of likely N-dealkylation sites (tertiary alicyclic amines) is 1. The standard InChI is InChI=1S/C20H18F2N2O2S/c1-12-6-8-23(9-7-12)18-17(16-3-2-10-27-16)19(25)24(20(18)26)15-11-13(21)4-5-14(15)22/h2-5,10-12H,6-9H2,1H3. The summed E-state index contributed by atoms with van der Waals surface area (Å²) in [5, 5.41) is 1.82. The zero-order valence-corrected chi connectivity index (χ0v) is 15.6. The van der Waals surface area contributed by atoms with Crippen molar-refractivity contribution in [1.82, 2.24) is 4.90 Å². The third kappa shape index (κ3) is 3.06. The molecule has 2 aliphatic heterocycles. The number of amides is 2. The first-order valence-corrected chi connectivity index (χ1v) is 9.72. The molecule has 2 aromatic rings. The summed E-state index contributed by atoms with van der Waals surface area (Å²) < 4.78 is 28.0. The highest BCUT2D eigenvalue weighted by atomic mass is 32.1. The molecule has 140 valence electrons. The Morgan fingerprint density at radius 1 is 1.07 bits per heavy atom. The average molecular weight is 388 g/mol. The van der Waals surface area contributed by atoms with Crippen LogP contribution in [0, 0.1) is 17.6 Å². The van der Waals surface area contributed by atoms with Crippen LogP contribution in [-0.2, 0) is 9.59 Å². The minimum absolute atomic E-state index is 0.271. The zero-order chi connectivity index (χ0) is 19.1. The highest BCUT2D eigenvalue weighted by Crippen LogP contribution is 2.38. The SMILES string of the molecule is CC1CCN(C2=C(c3cccs3)C(=O)N(c3cc(F)ccc3F)C2=O)CC1. The van der Waals surface area contributed by atoms with Gasteiger partial charge in [0.2, 0.25) is 0 Å². The predicted molar refractivity (Wildman–Crippen MR) is 100 cm³/mol. The van der Waals surface area contributed by atoms with E-state index < -0.39 is 23.4 Å². The molecule has 0 radical (unpaired) electrons. The topological polar surface area (TPSA) is 40.6 Å². The normalized spacial score (nSPS) is 18.8. The first kappa shape index (κ1) is 17.9. The minimum Gasteiger partial charge on any atom is -0.366 e. The first-order valence-electron chi connectivity index (χ1n) is 8.84. The molecule has 3 heterocycles. The highest BCUT2D eigenvalue weighted by Gasteiger charge is 2.44. The number of piperidine rings is 1. The maximum absolute atomic E-state index is 14.3. The Bertz CT molecular complexity index is 931. The van der Waals surface area contributed by atoms with Crippen molar-refractivity contribution < 1.29 is 18.4 Å². The van der Waals surface area contributed by atoms with Crippen LogP contribution < -0.4 is 4.90 Å². The molecule has 2 aliphatic rings. The Balaban J connectivity index is 1.81. The van der Waals surface area contributed by atoms with E-state index >= 15 is 0 Å². The van der Waals surface area contributed by atoms with Gasteiger partial charge in [0.15, 0.2) is 0 Å². The molecule has 1 aromatic carbocycles. The molecule has 0 atom stereocenters. The van der Waals surface area contributed by atoms with Crippen LogP contribution in [0.15, 0.2) is 41.4 Å². The van der Waals surface area contributed by atoms with Crippen LogP contribution in [0.1, 0.15) is 24.6 Å². The van der Waals surface area contributed by atoms with Gasteiger partial charge in [-0.3, -0.25) is 9.59 Å². The van der Waals surface area contributed by atoms with E-state index in [0.29, 0.717) is 23.9 Å². The van der Waals surface area contributed by atoms with E-state index in [1.807, 2.05) is 10.3 Å². The van der Waals surface area contributed by atoms with Crippen LogP contribution >= 0.6 is 11.3 Å². The molecule has 0 saturated carbocycles. The summed E-state index contributed by atoms with van der Waals surface area (Å²) in [5.74, 6) is -2.17. The molecular formula is C20H18F2N2O2S. The highest BCUT2D eigenvalue weighted by molar-refractivity contribution is 7.11. The van der Waals surface area contributed by atoms with Crippen LogP contribution in [0.4, 0.5) is 14.5 Å². The molecule has 0 N–H and O–H groups in total. The Kier molecular flexibility index (Phi) is 4.55. The number of hydrogen-bond donors (Lipinski definition) is 0. The predicted octanol–water partition coefficient (Wildman–Crippen LogP) is 4.04. The fourth-order valence-electron chi connectivity index (χ4n) is 3.56. The van der Waals surface area contributed by atoms with E-state index in [1.165, 1.54) is 11.3 Å². The van der Waals surface area contributed by atoms with Gasteiger partial charge in [-0.15, -0.1) is 11.3 Å². The molecule has 2 amide bonds. The number of carbonyl (C=O) groups is 2. The number of rotatable bonds is 3. The Hall–Kier alpha value is -2.54. The molecule has 0 aliphatic carbocycles. The zero-order valence-electron chi connectivity index (χ0n) is 14.7. The van der Waals surface area contributed by atoms with Crippen molar-refractivity contribution in [3.05, 3.63) is 57.9 Å². The van der Waals surface area contributed by atoms with Gasteiger partial charge in [-0.1, -0.05) is 13.0 Å². The van der Waals surface area contributed by atoms with Crippen LogP contribution in [-0.4, -0.2) is 29.8 Å². The van der Waals surface area contributed by atoms with E-state index in [2.05, 4.69) is 6.92 Å². The maximum Gasteiger partial charge on any atom is 0.282 e. The quantitative estimate of drug-likeness (QED) is 0.745. The van der Waals surface area contributed by atoms with Gasteiger partial charge in [-0.2, -0.15) is 0 Å². The Morgan fingerprint density at radius 2 is 1.81 bits per heavy atom. The van der Waals surface area contributed by atoms with Gasteiger partial charge in [-0.25, -0.2) is 13.7 Å². The van der Waals surface area contributed by atoms with Gasteiger partial charge in [0.1, 0.15) is 17.3 Å². The molecule has 0 spiro atoms. The monoisotopic (exact) mass is 388 g/mol. The van der Waals surface area contributed by atoms with E-state index in [1.54, 1.807) is 12.1 Å². The van der Waals surface area contributed by atoms with Crippen molar-refractivity contribution in [1.29, 1.82) is 0 Å². The summed E-state index contributed by atoms with van der Waals surface area (Å²) in [6, 6.07) is 6.34. The molecule has 0 unspecified atom stereocenters. The smallest absolute Gasteiger partial charge is 0.282 e. The Labute approximate surface area is 159 Å². The number of hydrogen-bond acceptors (Lipinski definition) is 4. The molecule has 27 heavy (non-hydrogen) atoms. The van der Waals surface area contributed by atoms with Crippen LogP contribution in [0.3, 0.4) is 0 Å². The van der Waals surface area contributed by atoms with Gasteiger partial charge in [0.25, 0.3) is 11.8 Å². The van der Waals surface area contributed by atoms with Gasteiger partial charge in [0.05, 0.1) is 11.3 Å². The number of imide groups is 1. The van der Waals surface area contributed by atoms with Crippen LogP contribution in [0.25, 0.3) is 5.57 Å². The second kappa shape index (κ2) is 6.88. The molecule has 1 saturated heterocycles. The summed E-state index contributed by atoms with van der Waals surface area (Å²) in [6.07, 6.45) is 1.83. The van der Waals surface area contributed by atoms with Crippen molar-refractivity contribution in [2.75, 3.05) is 18.0 Å². The molecule has 4 nitrogen and oxygen atoms in total. The maximum atomic E-state index is 14.3. The molecule has 1 fully saturated rings. The lowest BCUT2D eigenvalue weighted by atomic mass is 9.98. The molecule has 7 heteroatoms. The van der Waals surface area contributed by atoms with Crippen LogP contribution in [0.5, 0.6) is 0 Å². The molecular weight excluding hydrogens is 370 g/mol. The lowest BCUT2D eigenvalue weighted by Gasteiger charge is -2.32. The number of halogens is 2. The third-order valence-corrected chi connectivity index (χ3v) is 5.96. The van der Waals surface area contributed by atoms with Crippen molar-refractivity contribution in [2.24, 2.45) is 5.92 Å². The number of benzene rings is 1. The number of thiophene rings is 1. The minimum atomic E-state index is -0.808. The van der Waals surface area contributed by atoms with Gasteiger partial charge in [-0.05, 0) is 42.3 Å². The summed E-state index contributed by atoms with van der Waals surface area (Å²) in [4.78, 5) is 29.6. The van der Waals surface area contributed by atoms with Crippen molar-refractivity contribution in [3.63, 3.8) is 0 Å². The van der Waals surface area contributed by atoms with Crippen LogP contribution in [0.2, 0.25) is 0 Å². The number of carbonyl (C=O) groups excluding carboxylic acids is 2. The van der Waals surface area contributed by atoms with Crippen molar-refractivity contribution >= 4 is 34.4 Å². The van der Waals surface area contributed by atoms with Gasteiger partial charge >= 0.3 is 0 Å². The van der Waals surface area contributed by atoms with E-state index in [0.717, 1.165) is 35.9 Å². The van der Waals surface area contributed by atoms with Gasteiger partial charge in [0, 0.05) is 24.0 Å². The number of nitrogens with zero attached hydrogens (tertiary/aromatic N) is 2. The molecule has 1 aromatic heterocycles. The van der Waals surface area contributed by atoms with E-state index in [4.69, 9.17) is 0 Å². The fraction of sp³-hybridized carbons (Fsp3) is 0.300. The van der Waals surface area contributed by atoms with E-state index in [-0.39, 0.29) is 17.0 Å².